The SMILES string of the molecule is Cn1c(C(=O)N[C@@H](CCCNC(=O)OCc2ccccc2)C(=O)NCc2cccc(CC(=O)O)c2)cc2ccccc21. The zero-order valence-electron chi connectivity index (χ0n) is 23.3. The summed E-state index contributed by atoms with van der Waals surface area (Å²) in [7, 11) is 1.79. The van der Waals surface area contributed by atoms with Gasteiger partial charge in [0.25, 0.3) is 5.91 Å². The van der Waals surface area contributed by atoms with E-state index in [0.717, 1.165) is 22.0 Å². The Hall–Kier alpha value is -5.12. The minimum Gasteiger partial charge on any atom is -0.481 e. The van der Waals surface area contributed by atoms with Crippen molar-refractivity contribution in [3.8, 4) is 0 Å². The summed E-state index contributed by atoms with van der Waals surface area (Å²) < 4.78 is 7.01. The highest BCUT2D eigenvalue weighted by Gasteiger charge is 2.23. The van der Waals surface area contributed by atoms with Crippen molar-refractivity contribution < 1.29 is 29.0 Å². The third kappa shape index (κ3) is 8.44. The lowest BCUT2D eigenvalue weighted by molar-refractivity contribution is -0.136. The first kappa shape index (κ1) is 29.9. The number of para-hydroxylation sites is 1. The number of amides is 3. The van der Waals surface area contributed by atoms with Crippen LogP contribution in [-0.2, 0) is 40.9 Å². The van der Waals surface area contributed by atoms with Gasteiger partial charge in [-0.2, -0.15) is 0 Å². The number of aliphatic carboxylic acids is 1. The van der Waals surface area contributed by atoms with Gasteiger partial charge < -0.3 is 30.4 Å². The van der Waals surface area contributed by atoms with Crippen molar-refractivity contribution in [1.82, 2.24) is 20.5 Å². The fraction of sp³-hybridized carbons (Fsp3) is 0.250. The van der Waals surface area contributed by atoms with E-state index in [1.165, 1.54) is 0 Å². The molecule has 1 heterocycles. The smallest absolute Gasteiger partial charge is 0.407 e. The summed E-state index contributed by atoms with van der Waals surface area (Å²) in [5.74, 6) is -1.73. The molecule has 0 saturated carbocycles. The average molecular weight is 571 g/mol. The van der Waals surface area contributed by atoms with Gasteiger partial charge in [0.2, 0.25) is 5.91 Å². The van der Waals surface area contributed by atoms with Gasteiger partial charge in [-0.1, -0.05) is 72.8 Å². The molecule has 0 unspecified atom stereocenters. The molecule has 1 aromatic heterocycles. The lowest BCUT2D eigenvalue weighted by atomic mass is 10.1. The lowest BCUT2D eigenvalue weighted by Gasteiger charge is -2.19. The fourth-order valence-electron chi connectivity index (χ4n) is 4.62. The second-order valence-corrected chi connectivity index (χ2v) is 9.91. The third-order valence-electron chi connectivity index (χ3n) is 6.77. The number of alkyl carbamates (subject to hydrolysis) is 1. The van der Waals surface area contributed by atoms with Crippen molar-refractivity contribution in [1.29, 1.82) is 0 Å². The van der Waals surface area contributed by atoms with E-state index in [0.29, 0.717) is 17.7 Å². The van der Waals surface area contributed by atoms with E-state index in [9.17, 15) is 19.2 Å². The largest absolute Gasteiger partial charge is 0.481 e. The van der Waals surface area contributed by atoms with E-state index in [-0.39, 0.29) is 32.5 Å². The third-order valence-corrected chi connectivity index (χ3v) is 6.77. The van der Waals surface area contributed by atoms with Crippen LogP contribution in [0.15, 0.2) is 84.9 Å². The fourth-order valence-corrected chi connectivity index (χ4v) is 4.62. The number of ether oxygens (including phenoxy) is 1. The minimum atomic E-state index is -0.940. The van der Waals surface area contributed by atoms with Crippen LogP contribution in [0, 0.1) is 0 Å². The van der Waals surface area contributed by atoms with Gasteiger partial charge >= 0.3 is 12.1 Å². The van der Waals surface area contributed by atoms with Crippen LogP contribution in [0.2, 0.25) is 0 Å². The van der Waals surface area contributed by atoms with Crippen molar-refractivity contribution in [2.24, 2.45) is 7.05 Å². The molecule has 42 heavy (non-hydrogen) atoms. The molecule has 3 amide bonds. The molecule has 0 bridgehead atoms. The van der Waals surface area contributed by atoms with Gasteiger partial charge in [0.15, 0.2) is 0 Å². The second kappa shape index (κ2) is 14.5. The van der Waals surface area contributed by atoms with Gasteiger partial charge in [0, 0.05) is 31.0 Å². The molecule has 0 aliphatic carbocycles. The van der Waals surface area contributed by atoms with Gasteiger partial charge in [-0.15, -0.1) is 0 Å². The summed E-state index contributed by atoms with van der Waals surface area (Å²) in [6.45, 7) is 0.557. The van der Waals surface area contributed by atoms with Crippen LogP contribution in [0.4, 0.5) is 4.79 Å². The summed E-state index contributed by atoms with van der Waals surface area (Å²) in [5, 5.41) is 18.4. The number of hydrogen-bond acceptors (Lipinski definition) is 5. The Labute approximate surface area is 243 Å². The Morgan fingerprint density at radius 1 is 0.857 bits per heavy atom. The average Bonchev–Trinajstić information content (AvgIpc) is 3.33. The molecular formula is C32H34N4O6. The summed E-state index contributed by atoms with van der Waals surface area (Å²) in [6.07, 6.45) is -0.0194. The molecule has 10 nitrogen and oxygen atoms in total. The molecular weight excluding hydrogens is 536 g/mol. The number of carboxylic acid groups (broad SMARTS) is 1. The molecule has 4 aromatic rings. The number of benzene rings is 3. The second-order valence-electron chi connectivity index (χ2n) is 9.91. The number of carbonyl (C=O) groups is 4. The molecule has 0 fully saturated rings. The topological polar surface area (TPSA) is 139 Å². The van der Waals surface area contributed by atoms with Crippen LogP contribution in [0.25, 0.3) is 10.9 Å². The Bertz CT molecular complexity index is 1550. The Morgan fingerprint density at radius 2 is 1.57 bits per heavy atom. The van der Waals surface area contributed by atoms with Crippen molar-refractivity contribution in [3.05, 3.63) is 107 Å². The van der Waals surface area contributed by atoms with E-state index in [4.69, 9.17) is 9.84 Å². The number of hydrogen-bond donors (Lipinski definition) is 4. The molecule has 3 aromatic carbocycles. The molecule has 4 N–H and O–H groups in total. The van der Waals surface area contributed by atoms with Crippen molar-refractivity contribution in [3.63, 3.8) is 0 Å². The quantitative estimate of drug-likeness (QED) is 0.180. The van der Waals surface area contributed by atoms with Crippen LogP contribution < -0.4 is 16.0 Å². The van der Waals surface area contributed by atoms with E-state index in [2.05, 4.69) is 16.0 Å². The Kier molecular flexibility index (Phi) is 10.3. The zero-order valence-corrected chi connectivity index (χ0v) is 23.3. The summed E-state index contributed by atoms with van der Waals surface area (Å²) in [5.41, 5.74) is 3.54. The van der Waals surface area contributed by atoms with Crippen LogP contribution in [0.3, 0.4) is 0 Å². The number of carbonyl (C=O) groups excluding carboxylic acids is 3. The van der Waals surface area contributed by atoms with Gasteiger partial charge in [0.1, 0.15) is 18.3 Å². The monoisotopic (exact) mass is 570 g/mol. The van der Waals surface area contributed by atoms with Gasteiger partial charge in [-0.25, -0.2) is 4.79 Å². The summed E-state index contributed by atoms with van der Waals surface area (Å²) >= 11 is 0. The first-order valence-corrected chi connectivity index (χ1v) is 13.7. The molecule has 4 rings (SSSR count). The van der Waals surface area contributed by atoms with E-state index in [1.54, 1.807) is 41.9 Å². The number of fused-ring (bicyclic) bond motifs is 1. The number of nitrogens with one attached hydrogen (secondary N) is 3. The van der Waals surface area contributed by atoms with E-state index in [1.807, 2.05) is 54.6 Å². The number of carboxylic acids is 1. The van der Waals surface area contributed by atoms with Crippen LogP contribution in [-0.4, -0.2) is 46.1 Å². The Morgan fingerprint density at radius 3 is 2.33 bits per heavy atom. The molecule has 0 aliphatic heterocycles. The molecule has 0 aliphatic rings. The van der Waals surface area contributed by atoms with Crippen molar-refractivity contribution >= 4 is 34.8 Å². The lowest BCUT2D eigenvalue weighted by Crippen LogP contribution is -2.47. The first-order valence-electron chi connectivity index (χ1n) is 13.7. The first-order chi connectivity index (χ1) is 20.3. The highest BCUT2D eigenvalue weighted by molar-refractivity contribution is 6.00. The molecule has 0 spiro atoms. The number of aromatic nitrogens is 1. The van der Waals surface area contributed by atoms with Gasteiger partial charge in [0.05, 0.1) is 6.42 Å². The Balaban J connectivity index is 1.37. The maximum absolute atomic E-state index is 13.3. The van der Waals surface area contributed by atoms with E-state index < -0.39 is 29.9 Å². The molecule has 10 heteroatoms. The normalized spacial score (nSPS) is 11.5. The molecule has 0 saturated heterocycles. The predicted molar refractivity (Wildman–Crippen MR) is 158 cm³/mol. The van der Waals surface area contributed by atoms with Crippen molar-refractivity contribution in [2.45, 2.75) is 38.5 Å². The highest BCUT2D eigenvalue weighted by atomic mass is 16.5. The predicted octanol–water partition coefficient (Wildman–Crippen LogP) is 3.93. The van der Waals surface area contributed by atoms with Crippen LogP contribution in [0.1, 0.15) is 40.0 Å². The zero-order chi connectivity index (χ0) is 29.9. The van der Waals surface area contributed by atoms with Crippen LogP contribution >= 0.6 is 0 Å². The highest BCUT2D eigenvalue weighted by Crippen LogP contribution is 2.18. The van der Waals surface area contributed by atoms with Crippen LogP contribution in [0.5, 0.6) is 0 Å². The van der Waals surface area contributed by atoms with Crippen molar-refractivity contribution in [2.75, 3.05) is 6.54 Å². The number of aryl methyl sites for hydroxylation is 1. The standard InChI is InChI=1S/C32H34N4O6/c1-36-27-15-6-5-13-25(27)19-28(36)31(40)35-26(14-8-16-33-32(41)42-21-22-9-3-2-4-10-22)30(39)34-20-24-12-7-11-23(17-24)18-29(37)38/h2-7,9-13,15,17,19,26H,8,14,16,18,20-21H2,1H3,(H,33,41)(H,34,39)(H,35,40)(H,37,38)/t26-/m0/s1. The van der Waals surface area contributed by atoms with Gasteiger partial charge in [-0.3, -0.25) is 14.4 Å². The number of rotatable bonds is 13. The number of nitrogens with zero attached hydrogens (tertiary/aromatic N) is 1. The van der Waals surface area contributed by atoms with Gasteiger partial charge in [-0.05, 0) is 41.7 Å². The molecule has 218 valence electrons. The molecule has 1 atom stereocenters. The minimum absolute atomic E-state index is 0.119. The maximum Gasteiger partial charge on any atom is 0.407 e. The van der Waals surface area contributed by atoms with E-state index >= 15 is 0 Å². The maximum atomic E-state index is 13.3. The summed E-state index contributed by atoms with van der Waals surface area (Å²) in [4.78, 5) is 49.7. The summed E-state index contributed by atoms with van der Waals surface area (Å²) in [6, 6.07) is 24.8. The molecule has 0 radical (unpaired) electrons.